The monoisotopic (exact) mass is 304 g/mol. The Balaban J connectivity index is 2.12. The summed E-state index contributed by atoms with van der Waals surface area (Å²) in [6, 6.07) is 4.07. The van der Waals surface area contributed by atoms with Crippen LogP contribution in [0.15, 0.2) is 12.1 Å². The van der Waals surface area contributed by atoms with Gasteiger partial charge < -0.3 is 15.6 Å². The summed E-state index contributed by atoms with van der Waals surface area (Å²) in [5, 5.41) is 10.6. The number of phenolic OH excluding ortho intramolecular Hbond substituents is 1. The number of nitrogens with zero attached hydrogens (tertiary/aromatic N) is 1. The van der Waals surface area contributed by atoms with E-state index in [4.69, 9.17) is 10.5 Å². The first kappa shape index (κ1) is 15.6. The van der Waals surface area contributed by atoms with Crippen molar-refractivity contribution >= 4 is 0 Å². The summed E-state index contributed by atoms with van der Waals surface area (Å²) in [7, 11) is 1.60. The number of nitrogens with two attached hydrogens (primary N) is 1. The first-order valence-electron chi connectivity index (χ1n) is 8.55. The van der Waals surface area contributed by atoms with Gasteiger partial charge in [0.15, 0.2) is 11.5 Å². The van der Waals surface area contributed by atoms with Crippen molar-refractivity contribution in [1.29, 1.82) is 0 Å². The van der Waals surface area contributed by atoms with Crippen LogP contribution in [-0.2, 0) is 12.0 Å². The maximum Gasteiger partial charge on any atom is 0.161 e. The summed E-state index contributed by atoms with van der Waals surface area (Å²) in [6.45, 7) is 3.30. The van der Waals surface area contributed by atoms with Gasteiger partial charge in [0.25, 0.3) is 0 Å². The van der Waals surface area contributed by atoms with Gasteiger partial charge in [0.2, 0.25) is 0 Å². The number of rotatable bonds is 4. The van der Waals surface area contributed by atoms with Gasteiger partial charge in [-0.15, -0.1) is 0 Å². The minimum Gasteiger partial charge on any atom is -0.504 e. The highest BCUT2D eigenvalue weighted by atomic mass is 16.5. The fraction of sp³-hybridized carbons (Fsp3) is 0.667. The van der Waals surface area contributed by atoms with Gasteiger partial charge in [-0.3, -0.25) is 4.90 Å². The summed E-state index contributed by atoms with van der Waals surface area (Å²) in [5.74, 6) is 0.845. The molecule has 1 saturated heterocycles. The molecule has 3 N–H and O–H groups in total. The molecule has 0 radical (unpaired) electrons. The molecular formula is C18H28N2O2. The maximum absolute atomic E-state index is 10.6. The van der Waals surface area contributed by atoms with Crippen LogP contribution in [0.3, 0.4) is 0 Å². The number of hydrogen-bond donors (Lipinski definition) is 2. The number of benzene rings is 1. The van der Waals surface area contributed by atoms with E-state index < -0.39 is 0 Å². The molecule has 2 unspecified atom stereocenters. The van der Waals surface area contributed by atoms with E-state index >= 15 is 0 Å². The van der Waals surface area contributed by atoms with Crippen LogP contribution < -0.4 is 10.5 Å². The zero-order valence-corrected chi connectivity index (χ0v) is 13.8. The molecule has 1 fully saturated rings. The Labute approximate surface area is 133 Å². The van der Waals surface area contributed by atoms with Crippen molar-refractivity contribution in [3.05, 3.63) is 23.3 Å². The first-order valence-corrected chi connectivity index (χ1v) is 8.55. The summed E-state index contributed by atoms with van der Waals surface area (Å²) in [5.41, 5.74) is 8.78. The molecule has 2 aliphatic heterocycles. The molecule has 0 amide bonds. The molecule has 0 saturated carbocycles. The summed E-state index contributed by atoms with van der Waals surface area (Å²) in [6.07, 6.45) is 7.78. The predicted molar refractivity (Wildman–Crippen MR) is 88.1 cm³/mol. The Bertz CT molecular complexity index is 546. The lowest BCUT2D eigenvalue weighted by atomic mass is 9.71. The quantitative estimate of drug-likeness (QED) is 0.897. The van der Waals surface area contributed by atoms with Crippen LogP contribution in [0.1, 0.15) is 56.6 Å². The van der Waals surface area contributed by atoms with Crippen LogP contribution in [0.25, 0.3) is 0 Å². The molecule has 0 aliphatic carbocycles. The third kappa shape index (κ3) is 2.29. The predicted octanol–water partition coefficient (Wildman–Crippen LogP) is 3.11. The molecule has 2 heterocycles. The SMILES string of the molecule is CCCCC12CCCCN1C(N)Cc1c2ccc(OC)c1O. The van der Waals surface area contributed by atoms with Gasteiger partial charge in [0.1, 0.15) is 0 Å². The number of ether oxygens (including phenoxy) is 1. The van der Waals surface area contributed by atoms with Crippen molar-refractivity contribution in [2.75, 3.05) is 13.7 Å². The standard InChI is InChI=1S/C18H28N2O2/c1-3-4-9-18-10-5-6-11-20(18)16(19)12-13-14(18)7-8-15(22-2)17(13)21/h7-8,16,21H,3-6,9-12,19H2,1-2H3. The Morgan fingerprint density at radius 2 is 2.23 bits per heavy atom. The lowest BCUT2D eigenvalue weighted by molar-refractivity contribution is -0.0151. The molecule has 22 heavy (non-hydrogen) atoms. The number of hydrogen-bond acceptors (Lipinski definition) is 4. The maximum atomic E-state index is 10.6. The van der Waals surface area contributed by atoms with E-state index in [1.807, 2.05) is 6.07 Å². The Morgan fingerprint density at radius 1 is 1.41 bits per heavy atom. The minimum absolute atomic E-state index is 0.00497. The third-order valence-electron chi connectivity index (χ3n) is 5.51. The van der Waals surface area contributed by atoms with E-state index in [1.165, 1.54) is 31.2 Å². The Morgan fingerprint density at radius 3 is 2.95 bits per heavy atom. The van der Waals surface area contributed by atoms with Gasteiger partial charge in [-0.25, -0.2) is 0 Å². The highest BCUT2D eigenvalue weighted by Crippen LogP contribution is 2.50. The molecule has 1 aromatic rings. The zero-order chi connectivity index (χ0) is 15.7. The molecule has 2 aliphatic rings. The number of piperidine rings is 1. The Hall–Kier alpha value is -1.26. The van der Waals surface area contributed by atoms with Crippen LogP contribution in [0.5, 0.6) is 11.5 Å². The van der Waals surface area contributed by atoms with Crippen molar-refractivity contribution < 1.29 is 9.84 Å². The average Bonchev–Trinajstić information content (AvgIpc) is 2.54. The molecule has 4 heteroatoms. The number of methoxy groups -OCH3 is 1. The number of aromatic hydroxyl groups is 1. The fourth-order valence-corrected chi connectivity index (χ4v) is 4.44. The van der Waals surface area contributed by atoms with Crippen molar-refractivity contribution in [3.8, 4) is 11.5 Å². The highest BCUT2D eigenvalue weighted by Gasteiger charge is 2.47. The van der Waals surface area contributed by atoms with Crippen LogP contribution in [0.2, 0.25) is 0 Å². The van der Waals surface area contributed by atoms with Crippen molar-refractivity contribution in [2.24, 2.45) is 5.73 Å². The molecule has 0 aromatic heterocycles. The van der Waals surface area contributed by atoms with Crippen LogP contribution >= 0.6 is 0 Å². The lowest BCUT2D eigenvalue weighted by Gasteiger charge is -2.54. The normalized spacial score (nSPS) is 28.0. The molecule has 0 spiro atoms. The van der Waals surface area contributed by atoms with Crippen LogP contribution in [-0.4, -0.2) is 29.8 Å². The average molecular weight is 304 g/mol. The van der Waals surface area contributed by atoms with E-state index in [-0.39, 0.29) is 17.5 Å². The highest BCUT2D eigenvalue weighted by molar-refractivity contribution is 5.53. The van der Waals surface area contributed by atoms with Crippen molar-refractivity contribution in [1.82, 2.24) is 4.90 Å². The van der Waals surface area contributed by atoms with Gasteiger partial charge in [-0.1, -0.05) is 25.8 Å². The van der Waals surface area contributed by atoms with Gasteiger partial charge >= 0.3 is 0 Å². The molecule has 1 aromatic carbocycles. The second-order valence-electron chi connectivity index (χ2n) is 6.70. The number of phenols is 1. The molecule has 0 bridgehead atoms. The number of fused-ring (bicyclic) bond motifs is 3. The fourth-order valence-electron chi connectivity index (χ4n) is 4.44. The van der Waals surface area contributed by atoms with Crippen LogP contribution in [0.4, 0.5) is 0 Å². The van der Waals surface area contributed by atoms with Crippen molar-refractivity contribution in [3.63, 3.8) is 0 Å². The smallest absolute Gasteiger partial charge is 0.161 e. The summed E-state index contributed by atoms with van der Waals surface area (Å²) in [4.78, 5) is 2.50. The largest absolute Gasteiger partial charge is 0.504 e. The van der Waals surface area contributed by atoms with E-state index in [9.17, 15) is 5.11 Å². The molecule has 2 atom stereocenters. The van der Waals surface area contributed by atoms with Crippen LogP contribution in [0, 0.1) is 0 Å². The van der Waals surface area contributed by atoms with Crippen molar-refractivity contribution in [2.45, 2.75) is 63.6 Å². The Kier molecular flexibility index (Phi) is 4.33. The topological polar surface area (TPSA) is 58.7 Å². The van der Waals surface area contributed by atoms with E-state index in [0.29, 0.717) is 12.2 Å². The minimum atomic E-state index is -0.0114. The lowest BCUT2D eigenvalue weighted by Crippen LogP contribution is -2.60. The van der Waals surface area contributed by atoms with E-state index in [1.54, 1.807) is 7.11 Å². The van der Waals surface area contributed by atoms with Gasteiger partial charge in [0, 0.05) is 24.1 Å². The van der Waals surface area contributed by atoms with Gasteiger partial charge in [-0.05, 0) is 37.3 Å². The molecular weight excluding hydrogens is 276 g/mol. The van der Waals surface area contributed by atoms with E-state index in [0.717, 1.165) is 24.9 Å². The molecule has 3 rings (SSSR count). The zero-order valence-electron chi connectivity index (χ0n) is 13.8. The van der Waals surface area contributed by atoms with Gasteiger partial charge in [0.05, 0.1) is 13.3 Å². The number of unbranched alkanes of at least 4 members (excludes halogenated alkanes) is 1. The second-order valence-corrected chi connectivity index (χ2v) is 6.70. The van der Waals surface area contributed by atoms with Gasteiger partial charge in [-0.2, -0.15) is 0 Å². The summed E-state index contributed by atoms with van der Waals surface area (Å²) < 4.78 is 5.29. The third-order valence-corrected chi connectivity index (χ3v) is 5.51. The molecule has 4 nitrogen and oxygen atoms in total. The van der Waals surface area contributed by atoms with E-state index in [2.05, 4.69) is 17.9 Å². The molecule has 122 valence electrons. The summed E-state index contributed by atoms with van der Waals surface area (Å²) >= 11 is 0. The second kappa shape index (κ2) is 6.09. The first-order chi connectivity index (χ1) is 10.6.